The molecule has 0 unspecified atom stereocenters. The van der Waals surface area contributed by atoms with E-state index in [1.54, 1.807) is 24.5 Å². The molecule has 0 aliphatic carbocycles. The molecular weight excluding hydrogens is 242 g/mol. The zero-order valence-corrected chi connectivity index (χ0v) is 10.5. The van der Waals surface area contributed by atoms with Crippen molar-refractivity contribution in [2.45, 2.75) is 13.3 Å². The number of aromatic nitrogens is 2. The summed E-state index contributed by atoms with van der Waals surface area (Å²) in [4.78, 5) is 21.7. The number of carbonyl (C=O) groups excluding carboxylic acids is 1. The first-order valence-electron chi connectivity index (χ1n) is 6.10. The van der Waals surface area contributed by atoms with Crippen molar-refractivity contribution in [1.82, 2.24) is 9.97 Å². The van der Waals surface area contributed by atoms with Gasteiger partial charge in [-0.2, -0.15) is 0 Å². The van der Waals surface area contributed by atoms with Gasteiger partial charge >= 0.3 is 5.97 Å². The van der Waals surface area contributed by atoms with Crippen molar-refractivity contribution in [2.24, 2.45) is 0 Å². The normalized spacial score (nSPS) is 13.2. The smallest absolute Gasteiger partial charge is 0.308 e. The van der Waals surface area contributed by atoms with Crippen molar-refractivity contribution in [3.63, 3.8) is 0 Å². The lowest BCUT2D eigenvalue weighted by atomic mass is 10.1. The second-order valence-electron chi connectivity index (χ2n) is 4.31. The number of esters is 1. The molecule has 2 heterocycles. The van der Waals surface area contributed by atoms with Crippen LogP contribution in [0, 0.1) is 0 Å². The summed E-state index contributed by atoms with van der Waals surface area (Å²) in [6.45, 7) is 2.19. The third-order valence-corrected chi connectivity index (χ3v) is 3.00. The summed E-state index contributed by atoms with van der Waals surface area (Å²) in [7, 11) is 0. The van der Waals surface area contributed by atoms with Gasteiger partial charge in [0.1, 0.15) is 0 Å². The Morgan fingerprint density at radius 2 is 2.05 bits per heavy atom. The molecule has 1 aliphatic heterocycles. The van der Waals surface area contributed by atoms with E-state index in [1.165, 1.54) is 6.92 Å². The van der Waals surface area contributed by atoms with Crippen molar-refractivity contribution in [3.05, 3.63) is 42.2 Å². The molecule has 0 atom stereocenters. The van der Waals surface area contributed by atoms with Crippen LogP contribution < -0.4 is 9.64 Å². The average Bonchev–Trinajstić information content (AvgIpc) is 2.84. The summed E-state index contributed by atoms with van der Waals surface area (Å²) < 4.78 is 5.27. The fraction of sp³-hybridized carbons (Fsp3) is 0.214. The summed E-state index contributed by atoms with van der Waals surface area (Å²) in [5, 5.41) is 0. The lowest BCUT2D eigenvalue weighted by Crippen LogP contribution is -2.17. The van der Waals surface area contributed by atoms with Crippen molar-refractivity contribution in [1.29, 1.82) is 0 Å². The second kappa shape index (κ2) is 4.68. The maximum absolute atomic E-state index is 11.2. The highest BCUT2D eigenvalue weighted by molar-refractivity contribution is 5.78. The molecule has 96 valence electrons. The van der Waals surface area contributed by atoms with E-state index in [9.17, 15) is 4.79 Å². The molecule has 0 bridgehead atoms. The average molecular weight is 255 g/mol. The van der Waals surface area contributed by atoms with Gasteiger partial charge in [-0.25, -0.2) is 9.97 Å². The summed E-state index contributed by atoms with van der Waals surface area (Å²) >= 11 is 0. The van der Waals surface area contributed by atoms with Crippen LogP contribution in [-0.2, 0) is 11.2 Å². The highest BCUT2D eigenvalue weighted by Crippen LogP contribution is 2.40. The van der Waals surface area contributed by atoms with E-state index >= 15 is 0 Å². The lowest BCUT2D eigenvalue weighted by Gasteiger charge is -2.19. The molecule has 1 aliphatic rings. The topological polar surface area (TPSA) is 55.3 Å². The van der Waals surface area contributed by atoms with Crippen LogP contribution in [0.4, 0.5) is 11.6 Å². The van der Waals surface area contributed by atoms with Gasteiger partial charge in [-0.15, -0.1) is 0 Å². The molecule has 5 heteroatoms. The van der Waals surface area contributed by atoms with E-state index in [1.807, 2.05) is 17.0 Å². The lowest BCUT2D eigenvalue weighted by molar-refractivity contribution is -0.131. The standard InChI is InChI=1S/C14H13N3O2/c1-10(18)19-12-5-2-4-11-6-9-17(13(11)12)14-15-7-3-8-16-14/h2-5,7-8H,6,9H2,1H3. The summed E-state index contributed by atoms with van der Waals surface area (Å²) in [6.07, 6.45) is 4.30. The molecule has 19 heavy (non-hydrogen) atoms. The van der Waals surface area contributed by atoms with Gasteiger partial charge in [0.25, 0.3) is 0 Å². The second-order valence-corrected chi connectivity index (χ2v) is 4.31. The Hall–Kier alpha value is -2.43. The first-order chi connectivity index (χ1) is 9.25. The van der Waals surface area contributed by atoms with E-state index in [0.29, 0.717) is 11.7 Å². The number of ether oxygens (including phenoxy) is 1. The van der Waals surface area contributed by atoms with E-state index in [-0.39, 0.29) is 5.97 Å². The molecule has 0 saturated carbocycles. The predicted molar refractivity (Wildman–Crippen MR) is 70.5 cm³/mol. The minimum absolute atomic E-state index is 0.325. The monoisotopic (exact) mass is 255 g/mol. The largest absolute Gasteiger partial charge is 0.424 e. The summed E-state index contributed by atoms with van der Waals surface area (Å²) in [6, 6.07) is 7.50. The number of hydrogen-bond acceptors (Lipinski definition) is 5. The number of nitrogens with zero attached hydrogens (tertiary/aromatic N) is 3. The highest BCUT2D eigenvalue weighted by atomic mass is 16.5. The van der Waals surface area contributed by atoms with Crippen molar-refractivity contribution in [3.8, 4) is 5.75 Å². The maximum atomic E-state index is 11.2. The molecule has 3 rings (SSSR count). The molecule has 5 nitrogen and oxygen atoms in total. The van der Waals surface area contributed by atoms with Gasteiger partial charge in [0.2, 0.25) is 5.95 Å². The molecule has 1 aromatic carbocycles. The van der Waals surface area contributed by atoms with Crippen LogP contribution in [0.2, 0.25) is 0 Å². The first kappa shape index (κ1) is 11.6. The van der Waals surface area contributed by atoms with Crippen LogP contribution in [0.3, 0.4) is 0 Å². The Balaban J connectivity index is 2.05. The molecule has 0 saturated heterocycles. The number of hydrogen-bond donors (Lipinski definition) is 0. The molecule has 0 radical (unpaired) electrons. The van der Waals surface area contributed by atoms with Crippen LogP contribution in [0.25, 0.3) is 0 Å². The third kappa shape index (κ3) is 2.14. The zero-order chi connectivity index (χ0) is 13.2. The first-order valence-corrected chi connectivity index (χ1v) is 6.10. The zero-order valence-electron chi connectivity index (χ0n) is 10.5. The van der Waals surface area contributed by atoms with Crippen LogP contribution in [0.5, 0.6) is 5.75 Å². The fourth-order valence-corrected chi connectivity index (χ4v) is 2.29. The molecule has 1 aromatic heterocycles. The van der Waals surface area contributed by atoms with Crippen molar-refractivity contribution >= 4 is 17.6 Å². The van der Waals surface area contributed by atoms with Crippen molar-refractivity contribution in [2.75, 3.05) is 11.4 Å². The van der Waals surface area contributed by atoms with E-state index < -0.39 is 0 Å². The molecule has 0 fully saturated rings. The van der Waals surface area contributed by atoms with Gasteiger partial charge in [-0.3, -0.25) is 4.79 Å². The molecule has 2 aromatic rings. The molecule has 0 spiro atoms. The maximum Gasteiger partial charge on any atom is 0.308 e. The number of anilines is 2. The number of para-hydroxylation sites is 1. The Bertz CT molecular complexity index is 613. The number of carbonyl (C=O) groups is 1. The van der Waals surface area contributed by atoms with Crippen molar-refractivity contribution < 1.29 is 9.53 Å². The third-order valence-electron chi connectivity index (χ3n) is 3.00. The van der Waals surface area contributed by atoms with Crippen LogP contribution in [0.15, 0.2) is 36.7 Å². The molecule has 0 N–H and O–H groups in total. The highest BCUT2D eigenvalue weighted by Gasteiger charge is 2.26. The van der Waals surface area contributed by atoms with Gasteiger partial charge < -0.3 is 9.64 Å². The SMILES string of the molecule is CC(=O)Oc1cccc2c1N(c1ncccn1)CC2. The van der Waals surface area contributed by atoms with Gasteiger partial charge in [0.05, 0.1) is 5.69 Å². The molecular formula is C14H13N3O2. The van der Waals surface area contributed by atoms with E-state index in [2.05, 4.69) is 9.97 Å². The Morgan fingerprint density at radius 1 is 1.26 bits per heavy atom. The number of benzene rings is 1. The summed E-state index contributed by atoms with van der Waals surface area (Å²) in [5.41, 5.74) is 2.04. The minimum Gasteiger partial charge on any atom is -0.424 e. The number of fused-ring (bicyclic) bond motifs is 1. The van der Waals surface area contributed by atoms with Gasteiger partial charge in [0, 0.05) is 25.9 Å². The Labute approximate surface area is 110 Å². The van der Waals surface area contributed by atoms with Gasteiger partial charge in [-0.05, 0) is 24.1 Å². The van der Waals surface area contributed by atoms with E-state index in [0.717, 1.165) is 24.2 Å². The van der Waals surface area contributed by atoms with E-state index in [4.69, 9.17) is 4.74 Å². The quantitative estimate of drug-likeness (QED) is 0.607. The van der Waals surface area contributed by atoms with Crippen LogP contribution in [0.1, 0.15) is 12.5 Å². The van der Waals surface area contributed by atoms with Gasteiger partial charge in [-0.1, -0.05) is 12.1 Å². The van der Waals surface area contributed by atoms with Gasteiger partial charge in [0.15, 0.2) is 5.75 Å². The molecule has 0 amide bonds. The number of rotatable bonds is 2. The Kier molecular flexibility index (Phi) is 2.87. The van der Waals surface area contributed by atoms with Crippen LogP contribution in [-0.4, -0.2) is 22.5 Å². The predicted octanol–water partition coefficient (Wildman–Crippen LogP) is 2.10. The van der Waals surface area contributed by atoms with Crippen LogP contribution >= 0.6 is 0 Å². The Morgan fingerprint density at radius 3 is 2.79 bits per heavy atom. The fourth-order valence-electron chi connectivity index (χ4n) is 2.29. The minimum atomic E-state index is -0.325. The summed E-state index contributed by atoms with van der Waals surface area (Å²) in [5.74, 6) is 0.866.